The molecular formula is C23H35N5O3S. The van der Waals surface area contributed by atoms with Crippen molar-refractivity contribution in [3.63, 3.8) is 0 Å². The van der Waals surface area contributed by atoms with Gasteiger partial charge in [-0.1, -0.05) is 37.0 Å². The van der Waals surface area contributed by atoms with Gasteiger partial charge in [-0.05, 0) is 38.5 Å². The summed E-state index contributed by atoms with van der Waals surface area (Å²) < 4.78 is 0. The highest BCUT2D eigenvalue weighted by Gasteiger charge is 2.31. The average molecular weight is 462 g/mol. The summed E-state index contributed by atoms with van der Waals surface area (Å²) in [4.78, 5) is 46.5. The molecule has 1 saturated carbocycles. The zero-order valence-electron chi connectivity index (χ0n) is 19.0. The monoisotopic (exact) mass is 461 g/mol. The van der Waals surface area contributed by atoms with Crippen molar-refractivity contribution in [1.82, 2.24) is 15.2 Å². The van der Waals surface area contributed by atoms with E-state index >= 15 is 0 Å². The van der Waals surface area contributed by atoms with Crippen LogP contribution in [0, 0.1) is 5.92 Å². The van der Waals surface area contributed by atoms with Crippen molar-refractivity contribution in [2.24, 2.45) is 5.92 Å². The predicted molar refractivity (Wildman–Crippen MR) is 126 cm³/mol. The molecule has 2 N–H and O–H groups in total. The van der Waals surface area contributed by atoms with Gasteiger partial charge in [0.15, 0.2) is 10.9 Å². The van der Waals surface area contributed by atoms with Crippen LogP contribution in [0.2, 0.25) is 0 Å². The Morgan fingerprint density at radius 2 is 1.56 bits per heavy atom. The second-order valence-electron chi connectivity index (χ2n) is 9.31. The molecule has 2 aliphatic heterocycles. The molecule has 0 bridgehead atoms. The van der Waals surface area contributed by atoms with Crippen LogP contribution in [0.3, 0.4) is 0 Å². The highest BCUT2D eigenvalue weighted by Crippen LogP contribution is 2.34. The van der Waals surface area contributed by atoms with Crippen molar-refractivity contribution in [2.75, 3.05) is 36.4 Å². The van der Waals surface area contributed by atoms with Crippen molar-refractivity contribution in [2.45, 2.75) is 77.2 Å². The van der Waals surface area contributed by atoms with Crippen molar-refractivity contribution in [1.29, 1.82) is 0 Å². The summed E-state index contributed by atoms with van der Waals surface area (Å²) in [5, 5.41) is 6.78. The zero-order chi connectivity index (χ0) is 22.5. The molecule has 32 heavy (non-hydrogen) atoms. The Hall–Kier alpha value is -2.16. The van der Waals surface area contributed by atoms with E-state index in [4.69, 9.17) is 0 Å². The Kier molecular flexibility index (Phi) is 7.65. The Morgan fingerprint density at radius 1 is 0.906 bits per heavy atom. The smallest absolute Gasteiger partial charge is 0.267 e. The molecule has 0 unspecified atom stereocenters. The maximum Gasteiger partial charge on any atom is 0.267 e. The van der Waals surface area contributed by atoms with Crippen molar-refractivity contribution in [3.05, 3.63) is 4.88 Å². The fourth-order valence-corrected chi connectivity index (χ4v) is 6.02. The van der Waals surface area contributed by atoms with Crippen molar-refractivity contribution < 1.29 is 14.4 Å². The SMILES string of the molecule is CC(=O)Nc1nc(N2CCC(C(=O)NC3CCCCCC3)CC2)sc1C(=O)N1CCCC1. The van der Waals surface area contributed by atoms with Crippen LogP contribution >= 0.6 is 11.3 Å². The standard InChI is InChI=1S/C23H35N5O3S/c1-16(29)24-20-19(22(31)27-12-6-7-13-27)32-23(26-20)28-14-10-17(11-15-28)21(30)25-18-8-4-2-3-5-9-18/h17-18H,2-15H2,1H3,(H,24,29)(H,25,30). The molecule has 1 aliphatic carbocycles. The van der Waals surface area contributed by atoms with Crippen LogP contribution in [-0.2, 0) is 9.59 Å². The number of nitrogens with one attached hydrogen (secondary N) is 2. The third-order valence-electron chi connectivity index (χ3n) is 6.84. The number of anilines is 2. The van der Waals surface area contributed by atoms with Gasteiger partial charge in [-0.3, -0.25) is 14.4 Å². The molecule has 1 aromatic heterocycles. The number of aromatic nitrogens is 1. The third kappa shape index (κ3) is 5.60. The Labute approximate surface area is 194 Å². The predicted octanol–water partition coefficient (Wildman–Crippen LogP) is 3.39. The van der Waals surface area contributed by atoms with Gasteiger partial charge in [-0.15, -0.1) is 0 Å². The number of thiazole rings is 1. The summed E-state index contributed by atoms with van der Waals surface area (Å²) in [6, 6.07) is 0.335. The van der Waals surface area contributed by atoms with E-state index in [1.807, 2.05) is 4.90 Å². The maximum atomic E-state index is 13.0. The molecule has 9 heteroatoms. The lowest BCUT2D eigenvalue weighted by Crippen LogP contribution is -2.43. The van der Waals surface area contributed by atoms with Gasteiger partial charge >= 0.3 is 0 Å². The number of likely N-dealkylation sites (tertiary alicyclic amines) is 1. The molecule has 3 fully saturated rings. The largest absolute Gasteiger partial charge is 0.353 e. The van der Waals surface area contributed by atoms with Crippen LogP contribution in [0.4, 0.5) is 10.9 Å². The molecular weight excluding hydrogens is 426 g/mol. The first-order valence-electron chi connectivity index (χ1n) is 12.1. The molecule has 0 spiro atoms. The molecule has 176 valence electrons. The summed E-state index contributed by atoms with van der Waals surface area (Å²) in [6.07, 6.45) is 10.8. The normalized spacial score (nSPS) is 20.8. The van der Waals surface area contributed by atoms with E-state index in [1.54, 1.807) is 0 Å². The van der Waals surface area contributed by atoms with Crippen molar-refractivity contribution >= 4 is 40.0 Å². The molecule has 3 amide bonds. The highest BCUT2D eigenvalue weighted by molar-refractivity contribution is 7.18. The van der Waals surface area contributed by atoms with Gasteiger partial charge in [0, 0.05) is 45.1 Å². The minimum absolute atomic E-state index is 0.0370. The number of hydrogen-bond donors (Lipinski definition) is 2. The first-order valence-corrected chi connectivity index (χ1v) is 13.0. The van der Waals surface area contributed by atoms with Crippen LogP contribution in [-0.4, -0.2) is 59.8 Å². The topological polar surface area (TPSA) is 94.6 Å². The highest BCUT2D eigenvalue weighted by atomic mass is 32.1. The van der Waals surface area contributed by atoms with Crippen LogP contribution < -0.4 is 15.5 Å². The lowest BCUT2D eigenvalue weighted by molar-refractivity contribution is -0.126. The number of hydrogen-bond acceptors (Lipinski definition) is 6. The lowest BCUT2D eigenvalue weighted by atomic mass is 9.95. The van der Waals surface area contributed by atoms with E-state index in [0.29, 0.717) is 16.7 Å². The quantitative estimate of drug-likeness (QED) is 0.656. The number of amides is 3. The molecule has 0 aromatic carbocycles. The zero-order valence-corrected chi connectivity index (χ0v) is 19.8. The Bertz CT molecular complexity index is 820. The summed E-state index contributed by atoms with van der Waals surface area (Å²) in [5.41, 5.74) is 0. The molecule has 3 aliphatic rings. The van der Waals surface area contributed by atoms with Crippen LogP contribution in [0.15, 0.2) is 0 Å². The lowest BCUT2D eigenvalue weighted by Gasteiger charge is -2.32. The minimum Gasteiger partial charge on any atom is -0.353 e. The fraction of sp³-hybridized carbons (Fsp3) is 0.739. The van der Waals surface area contributed by atoms with E-state index in [1.165, 1.54) is 43.9 Å². The minimum atomic E-state index is -0.230. The van der Waals surface area contributed by atoms with Gasteiger partial charge in [0.1, 0.15) is 4.88 Å². The van der Waals surface area contributed by atoms with Gasteiger partial charge in [0.2, 0.25) is 11.8 Å². The summed E-state index contributed by atoms with van der Waals surface area (Å²) >= 11 is 1.35. The van der Waals surface area contributed by atoms with Crippen LogP contribution in [0.1, 0.15) is 80.8 Å². The van der Waals surface area contributed by atoms with E-state index in [-0.39, 0.29) is 23.6 Å². The number of piperidine rings is 1. The number of carbonyl (C=O) groups is 3. The fourth-order valence-electron chi connectivity index (χ4n) is 4.98. The summed E-state index contributed by atoms with van der Waals surface area (Å²) in [7, 11) is 0. The van der Waals surface area contributed by atoms with Gasteiger partial charge in [-0.25, -0.2) is 4.98 Å². The molecule has 0 radical (unpaired) electrons. The van der Waals surface area contributed by atoms with Crippen LogP contribution in [0.5, 0.6) is 0 Å². The summed E-state index contributed by atoms with van der Waals surface area (Å²) in [5.74, 6) is 0.316. The van der Waals surface area contributed by atoms with E-state index < -0.39 is 0 Å². The Balaban J connectivity index is 1.37. The molecule has 8 nitrogen and oxygen atoms in total. The van der Waals surface area contributed by atoms with E-state index in [0.717, 1.165) is 69.8 Å². The maximum absolute atomic E-state index is 13.0. The molecule has 4 rings (SSSR count). The van der Waals surface area contributed by atoms with Gasteiger partial charge in [0.05, 0.1) is 0 Å². The van der Waals surface area contributed by atoms with E-state index in [9.17, 15) is 14.4 Å². The van der Waals surface area contributed by atoms with E-state index in [2.05, 4.69) is 20.5 Å². The number of carbonyl (C=O) groups excluding carboxylic acids is 3. The average Bonchev–Trinajstić information content (AvgIpc) is 3.39. The van der Waals surface area contributed by atoms with Gasteiger partial charge in [0.25, 0.3) is 5.91 Å². The number of nitrogens with zero attached hydrogens (tertiary/aromatic N) is 3. The first kappa shape index (κ1) is 23.0. The third-order valence-corrected chi connectivity index (χ3v) is 7.94. The van der Waals surface area contributed by atoms with Crippen molar-refractivity contribution in [3.8, 4) is 0 Å². The summed E-state index contributed by atoms with van der Waals surface area (Å²) in [6.45, 7) is 4.40. The molecule has 3 heterocycles. The van der Waals surface area contributed by atoms with Gasteiger partial charge < -0.3 is 20.4 Å². The Morgan fingerprint density at radius 3 is 2.19 bits per heavy atom. The first-order chi connectivity index (χ1) is 15.5. The van der Waals surface area contributed by atoms with Gasteiger partial charge in [-0.2, -0.15) is 0 Å². The molecule has 2 saturated heterocycles. The molecule has 0 atom stereocenters. The number of rotatable bonds is 5. The molecule has 1 aromatic rings. The second-order valence-corrected chi connectivity index (χ2v) is 10.3. The second kappa shape index (κ2) is 10.6. The van der Waals surface area contributed by atoms with Crippen LogP contribution in [0.25, 0.3) is 0 Å².